The Morgan fingerprint density at radius 2 is 1.95 bits per heavy atom. The molecule has 0 fully saturated rings. The van der Waals surface area contributed by atoms with Gasteiger partial charge in [0.2, 0.25) is 4.77 Å². The maximum Gasteiger partial charge on any atom is 0.216 e. The molecular weight excluding hydrogens is 309 g/mol. The van der Waals surface area contributed by atoms with Crippen molar-refractivity contribution in [2.24, 2.45) is 0 Å². The minimum absolute atomic E-state index is 0.297. The van der Waals surface area contributed by atoms with E-state index in [2.05, 4.69) is 10.1 Å². The summed E-state index contributed by atoms with van der Waals surface area (Å²) in [7, 11) is 0. The first kappa shape index (κ1) is 14.0. The maximum atomic E-state index is 13.1. The lowest BCUT2D eigenvalue weighted by Crippen LogP contribution is -2.01. The molecule has 0 saturated heterocycles. The average molecular weight is 320 g/mol. The van der Waals surface area contributed by atoms with Crippen LogP contribution in [0.3, 0.4) is 0 Å². The van der Waals surface area contributed by atoms with Crippen LogP contribution in [0.5, 0.6) is 0 Å². The third-order valence-electron chi connectivity index (χ3n) is 3.05. The fourth-order valence-corrected chi connectivity index (χ4v) is 2.49. The molecule has 0 radical (unpaired) electrons. The van der Waals surface area contributed by atoms with Gasteiger partial charge in [-0.15, -0.1) is 0 Å². The van der Waals surface area contributed by atoms with Crippen molar-refractivity contribution in [3.63, 3.8) is 0 Å². The molecule has 0 atom stereocenters. The summed E-state index contributed by atoms with van der Waals surface area (Å²) < 4.78 is 15.3. The molecule has 0 spiro atoms. The maximum absolute atomic E-state index is 13.1. The highest BCUT2D eigenvalue weighted by Gasteiger charge is 2.10. The van der Waals surface area contributed by atoms with Crippen LogP contribution >= 0.6 is 23.8 Å². The van der Waals surface area contributed by atoms with E-state index in [1.165, 1.54) is 12.1 Å². The number of aromatic amines is 1. The summed E-state index contributed by atoms with van der Waals surface area (Å²) in [5.41, 5.74) is 1.73. The Bertz CT molecular complexity index is 826. The van der Waals surface area contributed by atoms with E-state index >= 15 is 0 Å². The zero-order valence-electron chi connectivity index (χ0n) is 10.9. The second kappa shape index (κ2) is 5.79. The molecule has 21 heavy (non-hydrogen) atoms. The third-order valence-corrected chi connectivity index (χ3v) is 3.67. The van der Waals surface area contributed by atoms with Crippen LogP contribution in [0.2, 0.25) is 5.02 Å². The van der Waals surface area contributed by atoms with Gasteiger partial charge in [0.05, 0.1) is 11.6 Å². The van der Waals surface area contributed by atoms with Crippen LogP contribution in [0, 0.1) is 10.6 Å². The number of nitrogens with one attached hydrogen (secondary N) is 1. The van der Waals surface area contributed by atoms with Crippen molar-refractivity contribution in [3.8, 4) is 11.4 Å². The van der Waals surface area contributed by atoms with Gasteiger partial charge in [0.1, 0.15) is 5.82 Å². The van der Waals surface area contributed by atoms with Gasteiger partial charge in [0.25, 0.3) is 0 Å². The molecule has 1 aromatic heterocycles. The van der Waals surface area contributed by atoms with Crippen LogP contribution in [-0.4, -0.2) is 14.8 Å². The van der Waals surface area contributed by atoms with Gasteiger partial charge >= 0.3 is 0 Å². The molecule has 0 amide bonds. The highest BCUT2D eigenvalue weighted by molar-refractivity contribution is 7.71. The highest BCUT2D eigenvalue weighted by atomic mass is 35.5. The molecule has 0 saturated carbocycles. The van der Waals surface area contributed by atoms with Crippen LogP contribution in [0.15, 0.2) is 48.5 Å². The Labute approximate surface area is 131 Å². The quantitative estimate of drug-likeness (QED) is 0.724. The van der Waals surface area contributed by atoms with Gasteiger partial charge in [-0.25, -0.2) is 4.39 Å². The molecule has 0 unspecified atom stereocenters. The van der Waals surface area contributed by atoms with Crippen LogP contribution in [0.1, 0.15) is 5.56 Å². The minimum Gasteiger partial charge on any atom is -0.279 e. The number of aromatic nitrogens is 3. The van der Waals surface area contributed by atoms with Crippen molar-refractivity contribution >= 4 is 23.8 Å². The topological polar surface area (TPSA) is 33.6 Å². The van der Waals surface area contributed by atoms with E-state index in [1.807, 2.05) is 30.3 Å². The lowest BCUT2D eigenvalue weighted by Gasteiger charge is -2.03. The van der Waals surface area contributed by atoms with E-state index in [1.54, 1.807) is 10.7 Å². The zero-order chi connectivity index (χ0) is 14.8. The van der Waals surface area contributed by atoms with Crippen molar-refractivity contribution in [2.75, 3.05) is 0 Å². The molecule has 3 rings (SSSR count). The number of benzene rings is 2. The second-order valence-electron chi connectivity index (χ2n) is 4.55. The smallest absolute Gasteiger partial charge is 0.216 e. The SMILES string of the molecule is Fc1ccc(-c2nc(=S)n(Cc3ccccc3)[nH]2)c(Cl)c1. The van der Waals surface area contributed by atoms with Crippen LogP contribution in [0.4, 0.5) is 4.39 Å². The summed E-state index contributed by atoms with van der Waals surface area (Å²) in [6, 6.07) is 14.1. The van der Waals surface area contributed by atoms with E-state index in [0.29, 0.717) is 27.7 Å². The molecule has 3 nitrogen and oxygen atoms in total. The molecule has 3 aromatic rings. The second-order valence-corrected chi connectivity index (χ2v) is 5.32. The zero-order valence-corrected chi connectivity index (χ0v) is 12.5. The molecule has 1 heterocycles. The predicted molar refractivity (Wildman–Crippen MR) is 83.4 cm³/mol. The first-order valence-corrected chi connectivity index (χ1v) is 7.08. The molecule has 0 aliphatic heterocycles. The van der Waals surface area contributed by atoms with Gasteiger partial charge in [-0.3, -0.25) is 9.78 Å². The molecule has 0 aliphatic carbocycles. The fraction of sp³-hybridized carbons (Fsp3) is 0.0667. The summed E-state index contributed by atoms with van der Waals surface area (Å²) in [5.74, 6) is 0.145. The van der Waals surface area contributed by atoms with Gasteiger partial charge < -0.3 is 0 Å². The predicted octanol–water partition coefficient (Wildman–Crippen LogP) is 4.45. The molecule has 106 valence electrons. The number of hydrogen-bond acceptors (Lipinski definition) is 2. The van der Waals surface area contributed by atoms with E-state index in [9.17, 15) is 4.39 Å². The van der Waals surface area contributed by atoms with Crippen molar-refractivity contribution in [1.82, 2.24) is 14.8 Å². The van der Waals surface area contributed by atoms with Gasteiger partial charge in [-0.1, -0.05) is 41.9 Å². The largest absolute Gasteiger partial charge is 0.279 e. The Morgan fingerprint density at radius 1 is 1.19 bits per heavy atom. The van der Waals surface area contributed by atoms with Crippen molar-refractivity contribution in [1.29, 1.82) is 0 Å². The first-order chi connectivity index (χ1) is 10.1. The number of halogens is 2. The average Bonchev–Trinajstić information content (AvgIpc) is 2.81. The lowest BCUT2D eigenvalue weighted by molar-refractivity contribution is 0.628. The van der Waals surface area contributed by atoms with Crippen molar-refractivity contribution < 1.29 is 4.39 Å². The number of nitrogens with zero attached hydrogens (tertiary/aromatic N) is 2. The monoisotopic (exact) mass is 319 g/mol. The molecule has 2 aromatic carbocycles. The highest BCUT2D eigenvalue weighted by Crippen LogP contribution is 2.25. The fourth-order valence-electron chi connectivity index (χ4n) is 2.03. The minimum atomic E-state index is -0.383. The Morgan fingerprint density at radius 3 is 2.67 bits per heavy atom. The van der Waals surface area contributed by atoms with Gasteiger partial charge in [-0.2, -0.15) is 4.98 Å². The molecule has 0 bridgehead atoms. The van der Waals surface area contributed by atoms with Crippen molar-refractivity contribution in [2.45, 2.75) is 6.54 Å². The third kappa shape index (κ3) is 3.04. The number of H-pyrrole nitrogens is 1. The molecule has 6 heteroatoms. The summed E-state index contributed by atoms with van der Waals surface area (Å²) in [6.45, 7) is 0.589. The number of rotatable bonds is 3. The summed E-state index contributed by atoms with van der Waals surface area (Å²) >= 11 is 11.3. The normalized spacial score (nSPS) is 10.8. The van der Waals surface area contributed by atoms with Crippen LogP contribution < -0.4 is 0 Å². The van der Waals surface area contributed by atoms with Gasteiger partial charge in [0.15, 0.2) is 5.82 Å². The lowest BCUT2D eigenvalue weighted by atomic mass is 10.2. The Kier molecular flexibility index (Phi) is 3.86. The van der Waals surface area contributed by atoms with E-state index in [4.69, 9.17) is 23.8 Å². The molecule has 1 N–H and O–H groups in total. The van der Waals surface area contributed by atoms with Gasteiger partial charge in [-0.05, 0) is 36.0 Å². The van der Waals surface area contributed by atoms with Crippen LogP contribution in [-0.2, 0) is 6.54 Å². The van der Waals surface area contributed by atoms with E-state index in [-0.39, 0.29) is 5.82 Å². The van der Waals surface area contributed by atoms with Gasteiger partial charge in [0, 0.05) is 5.56 Å². The summed E-state index contributed by atoms with van der Waals surface area (Å²) in [6.07, 6.45) is 0. The van der Waals surface area contributed by atoms with Crippen molar-refractivity contribution in [3.05, 3.63) is 69.7 Å². The molecule has 0 aliphatic rings. The summed E-state index contributed by atoms with van der Waals surface area (Å²) in [5, 5.41) is 3.40. The number of hydrogen-bond donors (Lipinski definition) is 1. The van der Waals surface area contributed by atoms with E-state index in [0.717, 1.165) is 5.56 Å². The van der Waals surface area contributed by atoms with Crippen LogP contribution in [0.25, 0.3) is 11.4 Å². The standard InChI is InChI=1S/C15H11ClFN3S/c16-13-8-11(17)6-7-12(13)14-18-15(21)20(19-14)9-10-4-2-1-3-5-10/h1-8H,9H2,(H,18,19,21). The van der Waals surface area contributed by atoms with E-state index < -0.39 is 0 Å². The molecular formula is C15H11ClFN3S. The Balaban J connectivity index is 1.96. The summed E-state index contributed by atoms with van der Waals surface area (Å²) in [4.78, 5) is 4.28. The Hall–Kier alpha value is -1.98. The first-order valence-electron chi connectivity index (χ1n) is 6.30.